The molecule has 18 heavy (non-hydrogen) atoms. The van der Waals surface area contributed by atoms with Crippen LogP contribution in [0.5, 0.6) is 5.75 Å². The van der Waals surface area contributed by atoms with Gasteiger partial charge < -0.3 is 9.30 Å². The highest BCUT2D eigenvalue weighted by Crippen LogP contribution is 2.24. The van der Waals surface area contributed by atoms with Gasteiger partial charge in [-0.25, -0.2) is 4.98 Å². The molecule has 5 heteroatoms. The molecule has 0 spiro atoms. The summed E-state index contributed by atoms with van der Waals surface area (Å²) in [5.41, 5.74) is 2.42. The van der Waals surface area contributed by atoms with Crippen LogP contribution in [0.15, 0.2) is 30.7 Å². The average Bonchev–Trinajstić information content (AvgIpc) is 2.83. The molecule has 0 radical (unpaired) electrons. The minimum atomic E-state index is 0.0293. The van der Waals surface area contributed by atoms with Gasteiger partial charge in [0.05, 0.1) is 30.1 Å². The van der Waals surface area contributed by atoms with Crippen molar-refractivity contribution in [2.24, 2.45) is 0 Å². The number of halogens is 1. The minimum absolute atomic E-state index is 0.0293. The van der Waals surface area contributed by atoms with Gasteiger partial charge in [0.25, 0.3) is 0 Å². The summed E-state index contributed by atoms with van der Waals surface area (Å²) in [6, 6.07) is 5.39. The van der Waals surface area contributed by atoms with Crippen molar-refractivity contribution in [3.63, 3.8) is 0 Å². The maximum absolute atomic E-state index is 11.6. The fourth-order valence-electron chi connectivity index (χ4n) is 1.69. The second kappa shape index (κ2) is 5.35. The summed E-state index contributed by atoms with van der Waals surface area (Å²) in [5.74, 6) is 0.681. The van der Waals surface area contributed by atoms with Crippen molar-refractivity contribution in [1.82, 2.24) is 9.55 Å². The van der Waals surface area contributed by atoms with Crippen LogP contribution in [0.4, 0.5) is 0 Å². The van der Waals surface area contributed by atoms with Gasteiger partial charge in [-0.1, -0.05) is 15.9 Å². The molecule has 0 atom stereocenters. The van der Waals surface area contributed by atoms with E-state index in [4.69, 9.17) is 4.74 Å². The zero-order chi connectivity index (χ0) is 13.1. The number of aromatic nitrogens is 2. The summed E-state index contributed by atoms with van der Waals surface area (Å²) in [6.07, 6.45) is 3.63. The topological polar surface area (TPSA) is 44.1 Å². The van der Waals surface area contributed by atoms with Gasteiger partial charge in [0.2, 0.25) is 0 Å². The predicted octanol–water partition coefficient (Wildman–Crippen LogP) is 2.77. The van der Waals surface area contributed by atoms with Crippen LogP contribution in [0.25, 0.3) is 5.69 Å². The lowest BCUT2D eigenvalue weighted by molar-refractivity contribution is 0.102. The average molecular weight is 309 g/mol. The highest BCUT2D eigenvalue weighted by molar-refractivity contribution is 9.09. The Balaban J connectivity index is 2.46. The van der Waals surface area contributed by atoms with Crippen LogP contribution in [0, 0.1) is 6.92 Å². The minimum Gasteiger partial charge on any atom is -0.495 e. The molecular weight excluding hydrogens is 296 g/mol. The Labute approximate surface area is 114 Å². The number of hydrogen-bond acceptors (Lipinski definition) is 3. The molecule has 0 aliphatic heterocycles. The number of rotatable bonds is 4. The number of benzene rings is 1. The van der Waals surface area contributed by atoms with Crippen molar-refractivity contribution in [3.8, 4) is 11.4 Å². The van der Waals surface area contributed by atoms with E-state index >= 15 is 0 Å². The Bertz CT molecular complexity index is 578. The second-order valence-corrected chi connectivity index (χ2v) is 4.43. The zero-order valence-corrected chi connectivity index (χ0v) is 11.8. The molecule has 2 rings (SSSR count). The van der Waals surface area contributed by atoms with E-state index in [2.05, 4.69) is 20.9 Å². The third kappa shape index (κ3) is 2.46. The first-order valence-corrected chi connectivity index (χ1v) is 6.56. The monoisotopic (exact) mass is 308 g/mol. The number of carbonyl (C=O) groups is 1. The second-order valence-electron chi connectivity index (χ2n) is 3.87. The number of imidazole rings is 1. The zero-order valence-electron chi connectivity index (χ0n) is 10.2. The molecule has 0 aliphatic carbocycles. The summed E-state index contributed by atoms with van der Waals surface area (Å²) in [5, 5.41) is 0.305. The van der Waals surface area contributed by atoms with Gasteiger partial charge in [0.15, 0.2) is 5.78 Å². The normalized spacial score (nSPS) is 10.4. The number of Topliss-reactive ketones (excluding diaryl/α,β-unsaturated/α-hetero) is 1. The first kappa shape index (κ1) is 12.8. The predicted molar refractivity (Wildman–Crippen MR) is 73.0 cm³/mol. The van der Waals surface area contributed by atoms with Gasteiger partial charge in [-0.3, -0.25) is 4.79 Å². The van der Waals surface area contributed by atoms with Crippen LogP contribution < -0.4 is 4.74 Å². The fourth-order valence-corrected chi connectivity index (χ4v) is 2.02. The number of aryl methyl sites for hydroxylation is 1. The van der Waals surface area contributed by atoms with E-state index in [-0.39, 0.29) is 5.78 Å². The summed E-state index contributed by atoms with van der Waals surface area (Å²) in [6.45, 7) is 1.92. The van der Waals surface area contributed by atoms with Crippen molar-refractivity contribution in [3.05, 3.63) is 42.0 Å². The van der Waals surface area contributed by atoms with Crippen LogP contribution in [-0.4, -0.2) is 27.8 Å². The van der Waals surface area contributed by atoms with Gasteiger partial charge in [-0.2, -0.15) is 0 Å². The van der Waals surface area contributed by atoms with Gasteiger partial charge >= 0.3 is 0 Å². The van der Waals surface area contributed by atoms with Crippen LogP contribution in [0.1, 0.15) is 16.1 Å². The smallest absolute Gasteiger partial charge is 0.173 e. The summed E-state index contributed by atoms with van der Waals surface area (Å²) >= 11 is 3.16. The van der Waals surface area contributed by atoms with E-state index in [0.29, 0.717) is 16.6 Å². The SMILES string of the molecule is COc1cc(C(=O)CBr)ccc1-n1cnc(C)c1. The summed E-state index contributed by atoms with van der Waals surface area (Å²) in [4.78, 5) is 15.8. The molecule has 0 saturated heterocycles. The van der Waals surface area contributed by atoms with Gasteiger partial charge in [0, 0.05) is 11.8 Å². The van der Waals surface area contributed by atoms with Crippen molar-refractivity contribution in [1.29, 1.82) is 0 Å². The highest BCUT2D eigenvalue weighted by atomic mass is 79.9. The quantitative estimate of drug-likeness (QED) is 0.644. The molecule has 4 nitrogen and oxygen atoms in total. The van der Waals surface area contributed by atoms with E-state index in [1.54, 1.807) is 25.6 Å². The Morgan fingerprint density at radius 3 is 2.83 bits per heavy atom. The maximum atomic E-state index is 11.6. The number of ketones is 1. The van der Waals surface area contributed by atoms with E-state index in [1.807, 2.05) is 23.8 Å². The Hall–Kier alpha value is -1.62. The Morgan fingerprint density at radius 2 is 2.28 bits per heavy atom. The maximum Gasteiger partial charge on any atom is 0.173 e. The fraction of sp³-hybridized carbons (Fsp3) is 0.231. The molecule has 0 fully saturated rings. The van der Waals surface area contributed by atoms with Crippen molar-refractivity contribution in [2.75, 3.05) is 12.4 Å². The number of methoxy groups -OCH3 is 1. The Morgan fingerprint density at radius 1 is 1.50 bits per heavy atom. The first-order valence-electron chi connectivity index (χ1n) is 5.44. The largest absolute Gasteiger partial charge is 0.495 e. The first-order chi connectivity index (χ1) is 8.65. The highest BCUT2D eigenvalue weighted by Gasteiger charge is 2.10. The lowest BCUT2D eigenvalue weighted by Gasteiger charge is -2.10. The molecule has 1 aromatic heterocycles. The number of hydrogen-bond donors (Lipinski definition) is 0. The van der Waals surface area contributed by atoms with Gasteiger partial charge in [-0.05, 0) is 25.1 Å². The number of alkyl halides is 1. The molecule has 0 amide bonds. The number of carbonyl (C=O) groups excluding carboxylic acids is 1. The third-order valence-corrected chi connectivity index (χ3v) is 3.12. The van der Waals surface area contributed by atoms with E-state index in [1.165, 1.54) is 0 Å². The Kier molecular flexibility index (Phi) is 3.81. The molecule has 1 aromatic carbocycles. The van der Waals surface area contributed by atoms with Crippen LogP contribution >= 0.6 is 15.9 Å². The van der Waals surface area contributed by atoms with Gasteiger partial charge in [0.1, 0.15) is 5.75 Å². The molecule has 94 valence electrons. The van der Waals surface area contributed by atoms with E-state index in [9.17, 15) is 4.79 Å². The van der Waals surface area contributed by atoms with E-state index in [0.717, 1.165) is 11.4 Å². The molecule has 0 unspecified atom stereocenters. The lowest BCUT2D eigenvalue weighted by Crippen LogP contribution is -2.02. The van der Waals surface area contributed by atoms with Crippen LogP contribution in [-0.2, 0) is 0 Å². The van der Waals surface area contributed by atoms with E-state index < -0.39 is 0 Å². The van der Waals surface area contributed by atoms with Crippen LogP contribution in [0.3, 0.4) is 0 Å². The molecular formula is C13H13BrN2O2. The van der Waals surface area contributed by atoms with Crippen LogP contribution in [0.2, 0.25) is 0 Å². The summed E-state index contributed by atoms with van der Waals surface area (Å²) in [7, 11) is 1.59. The molecule has 0 bridgehead atoms. The number of nitrogens with zero attached hydrogens (tertiary/aromatic N) is 2. The lowest BCUT2D eigenvalue weighted by atomic mass is 10.1. The standard InChI is InChI=1S/C13H13BrN2O2/c1-9-7-16(8-15-9)11-4-3-10(12(17)6-14)5-13(11)18-2/h3-5,7-8H,6H2,1-2H3. The molecule has 1 heterocycles. The molecule has 0 aliphatic rings. The van der Waals surface area contributed by atoms with Crippen molar-refractivity contribution >= 4 is 21.7 Å². The molecule has 2 aromatic rings. The van der Waals surface area contributed by atoms with Gasteiger partial charge in [-0.15, -0.1) is 0 Å². The van der Waals surface area contributed by atoms with Crippen molar-refractivity contribution < 1.29 is 9.53 Å². The molecule has 0 N–H and O–H groups in total. The van der Waals surface area contributed by atoms with Crippen molar-refractivity contribution in [2.45, 2.75) is 6.92 Å². The number of ether oxygens (including phenoxy) is 1. The summed E-state index contributed by atoms with van der Waals surface area (Å²) < 4.78 is 7.20. The third-order valence-electron chi connectivity index (χ3n) is 2.61. The molecule has 0 saturated carbocycles.